The fourth-order valence-electron chi connectivity index (χ4n) is 3.99. The summed E-state index contributed by atoms with van der Waals surface area (Å²) in [5.41, 5.74) is 3.39. The molecule has 7 nitrogen and oxygen atoms in total. The largest absolute Gasteiger partial charge is 0.496 e. The van der Waals surface area contributed by atoms with Gasteiger partial charge in [0.1, 0.15) is 5.75 Å². The van der Waals surface area contributed by atoms with Gasteiger partial charge in [-0.25, -0.2) is 13.4 Å². The molecular formula is C25H20BrN3O4S2. The predicted molar refractivity (Wildman–Crippen MR) is 141 cm³/mol. The number of fused-ring (bicyclic) bond motifs is 1. The van der Waals surface area contributed by atoms with Crippen LogP contribution in [0.25, 0.3) is 11.3 Å². The van der Waals surface area contributed by atoms with E-state index in [-0.39, 0.29) is 16.2 Å². The summed E-state index contributed by atoms with van der Waals surface area (Å²) in [6, 6.07) is 19.4. The quantitative estimate of drug-likeness (QED) is 0.327. The molecule has 0 unspecified atom stereocenters. The van der Waals surface area contributed by atoms with Crippen molar-refractivity contribution in [3.8, 4) is 17.0 Å². The molecule has 1 aliphatic rings. The number of halogens is 1. The number of para-hydroxylation sites is 1. The van der Waals surface area contributed by atoms with Crippen LogP contribution in [0.5, 0.6) is 5.75 Å². The first-order valence-electron chi connectivity index (χ1n) is 10.7. The van der Waals surface area contributed by atoms with Gasteiger partial charge in [-0.15, -0.1) is 11.3 Å². The molecule has 35 heavy (non-hydrogen) atoms. The molecule has 178 valence electrons. The van der Waals surface area contributed by atoms with Gasteiger partial charge < -0.3 is 4.74 Å². The number of anilines is 2. The number of hydrogen-bond donors (Lipinski definition) is 1. The average molecular weight is 570 g/mol. The maximum atomic E-state index is 13.5. The molecule has 0 bridgehead atoms. The lowest BCUT2D eigenvalue weighted by molar-refractivity contribution is 0.102. The second kappa shape index (κ2) is 9.44. The van der Waals surface area contributed by atoms with Crippen LogP contribution >= 0.6 is 27.3 Å². The number of nitrogens with zero attached hydrogens (tertiary/aromatic N) is 2. The van der Waals surface area contributed by atoms with Crippen LogP contribution in [-0.2, 0) is 16.4 Å². The first kappa shape index (κ1) is 23.5. The van der Waals surface area contributed by atoms with Gasteiger partial charge in [-0.05, 0) is 48.4 Å². The standard InChI is InChI=1S/C25H20BrN3O4S2/c1-33-23-10-9-19(35(31,32)29-12-11-16-5-2-3-8-22(16)29)14-20(23)24(30)28-25-27-21(15-34-25)17-6-4-7-18(26)13-17/h2-10,13-15H,11-12H2,1H3,(H,27,28,30). The molecule has 2 heterocycles. The number of carbonyl (C=O) groups excluding carboxylic acids is 1. The van der Waals surface area contributed by atoms with E-state index in [0.717, 1.165) is 21.3 Å². The first-order valence-corrected chi connectivity index (χ1v) is 13.8. The van der Waals surface area contributed by atoms with Crippen molar-refractivity contribution < 1.29 is 17.9 Å². The van der Waals surface area contributed by atoms with Gasteiger partial charge >= 0.3 is 0 Å². The number of nitrogens with one attached hydrogen (secondary N) is 1. The van der Waals surface area contributed by atoms with Crippen molar-refractivity contribution in [3.63, 3.8) is 0 Å². The minimum absolute atomic E-state index is 0.0223. The molecule has 3 aromatic carbocycles. The molecular weight excluding hydrogens is 550 g/mol. The van der Waals surface area contributed by atoms with Crippen LogP contribution in [0.3, 0.4) is 0 Å². The highest BCUT2D eigenvalue weighted by atomic mass is 79.9. The molecule has 0 aliphatic carbocycles. The van der Waals surface area contributed by atoms with Gasteiger partial charge in [0.15, 0.2) is 5.13 Å². The minimum atomic E-state index is -3.86. The third kappa shape index (κ3) is 4.56. The number of amides is 1. The lowest BCUT2D eigenvalue weighted by atomic mass is 10.2. The Bertz CT molecular complexity index is 1540. The SMILES string of the molecule is COc1ccc(S(=O)(=O)N2CCc3ccccc32)cc1C(=O)Nc1nc(-c2cccc(Br)c2)cs1. The van der Waals surface area contributed by atoms with Crippen LogP contribution in [0.2, 0.25) is 0 Å². The summed E-state index contributed by atoms with van der Waals surface area (Å²) in [5.74, 6) is -0.233. The maximum absolute atomic E-state index is 13.5. The van der Waals surface area contributed by atoms with Crippen molar-refractivity contribution >= 4 is 54.0 Å². The predicted octanol–water partition coefficient (Wildman–Crippen LogP) is 5.58. The lowest BCUT2D eigenvalue weighted by Crippen LogP contribution is -2.29. The van der Waals surface area contributed by atoms with Gasteiger partial charge in [-0.2, -0.15) is 0 Å². The molecule has 0 atom stereocenters. The molecule has 0 spiro atoms. The number of carbonyl (C=O) groups is 1. The van der Waals surface area contributed by atoms with E-state index in [9.17, 15) is 13.2 Å². The maximum Gasteiger partial charge on any atom is 0.264 e. The van der Waals surface area contributed by atoms with Gasteiger partial charge in [0.05, 0.1) is 29.0 Å². The van der Waals surface area contributed by atoms with E-state index >= 15 is 0 Å². The number of benzene rings is 3. The minimum Gasteiger partial charge on any atom is -0.496 e. The van der Waals surface area contributed by atoms with Gasteiger partial charge in [-0.1, -0.05) is 46.3 Å². The number of thiazole rings is 1. The highest BCUT2D eigenvalue weighted by molar-refractivity contribution is 9.10. The highest BCUT2D eigenvalue weighted by Gasteiger charge is 2.31. The van der Waals surface area contributed by atoms with E-state index in [0.29, 0.717) is 23.8 Å². The molecule has 1 N–H and O–H groups in total. The van der Waals surface area contributed by atoms with E-state index in [1.54, 1.807) is 6.07 Å². The molecule has 4 aromatic rings. The van der Waals surface area contributed by atoms with E-state index in [4.69, 9.17) is 4.74 Å². The third-order valence-corrected chi connectivity index (χ3v) is 8.75. The van der Waals surface area contributed by atoms with Crippen molar-refractivity contribution in [1.82, 2.24) is 4.98 Å². The zero-order valence-corrected chi connectivity index (χ0v) is 21.8. The Kier molecular flexibility index (Phi) is 6.35. The number of sulfonamides is 1. The first-order chi connectivity index (χ1) is 16.9. The van der Waals surface area contributed by atoms with Crippen LogP contribution in [-0.4, -0.2) is 33.0 Å². The Morgan fingerprint density at radius 1 is 1.11 bits per heavy atom. The van der Waals surface area contributed by atoms with E-state index in [1.165, 1.54) is 41.0 Å². The van der Waals surface area contributed by atoms with Crippen molar-refractivity contribution in [3.05, 3.63) is 87.7 Å². The molecule has 0 fully saturated rings. The highest BCUT2D eigenvalue weighted by Crippen LogP contribution is 2.34. The van der Waals surface area contributed by atoms with Crippen molar-refractivity contribution in [2.24, 2.45) is 0 Å². The molecule has 1 aromatic heterocycles. The number of hydrogen-bond acceptors (Lipinski definition) is 6. The smallest absolute Gasteiger partial charge is 0.264 e. The van der Waals surface area contributed by atoms with Crippen LogP contribution in [0.1, 0.15) is 15.9 Å². The zero-order valence-electron chi connectivity index (χ0n) is 18.6. The summed E-state index contributed by atoms with van der Waals surface area (Å²) in [4.78, 5) is 17.7. The van der Waals surface area contributed by atoms with E-state index < -0.39 is 15.9 Å². The number of methoxy groups -OCH3 is 1. The van der Waals surface area contributed by atoms with Crippen LogP contribution in [0.15, 0.2) is 81.5 Å². The zero-order chi connectivity index (χ0) is 24.6. The second-order valence-electron chi connectivity index (χ2n) is 7.82. The van der Waals surface area contributed by atoms with Crippen LogP contribution in [0.4, 0.5) is 10.8 Å². The van der Waals surface area contributed by atoms with Gasteiger partial charge in [-0.3, -0.25) is 14.4 Å². The third-order valence-electron chi connectivity index (χ3n) is 5.69. The van der Waals surface area contributed by atoms with Crippen LogP contribution in [0, 0.1) is 0 Å². The van der Waals surface area contributed by atoms with Crippen molar-refractivity contribution in [1.29, 1.82) is 0 Å². The topological polar surface area (TPSA) is 88.6 Å². The van der Waals surface area contributed by atoms with E-state index in [2.05, 4.69) is 26.2 Å². The Labute approximate surface area is 215 Å². The molecule has 1 amide bonds. The fraction of sp³-hybridized carbons (Fsp3) is 0.120. The van der Waals surface area contributed by atoms with Gasteiger partial charge in [0.2, 0.25) is 0 Å². The molecule has 0 radical (unpaired) electrons. The Morgan fingerprint density at radius 2 is 1.94 bits per heavy atom. The summed E-state index contributed by atoms with van der Waals surface area (Å²) in [6.45, 7) is 0.354. The molecule has 10 heteroatoms. The Hall–Kier alpha value is -3.21. The van der Waals surface area contributed by atoms with Gasteiger partial charge in [0, 0.05) is 22.0 Å². The fourth-order valence-corrected chi connectivity index (χ4v) is 6.63. The summed E-state index contributed by atoms with van der Waals surface area (Å²) in [5, 5.41) is 5.01. The van der Waals surface area contributed by atoms with Crippen molar-refractivity contribution in [2.75, 3.05) is 23.3 Å². The number of ether oxygens (including phenoxy) is 1. The Balaban J connectivity index is 1.43. The molecule has 1 aliphatic heterocycles. The Morgan fingerprint density at radius 3 is 2.74 bits per heavy atom. The number of rotatable bonds is 6. The summed E-state index contributed by atoms with van der Waals surface area (Å²) >= 11 is 4.73. The molecule has 5 rings (SSSR count). The normalized spacial score (nSPS) is 12.9. The molecule has 0 saturated heterocycles. The summed E-state index contributed by atoms with van der Waals surface area (Å²) in [7, 11) is -2.43. The summed E-state index contributed by atoms with van der Waals surface area (Å²) < 4.78 is 34.6. The van der Waals surface area contributed by atoms with E-state index in [1.807, 2.05) is 47.8 Å². The van der Waals surface area contributed by atoms with Gasteiger partial charge in [0.25, 0.3) is 15.9 Å². The monoisotopic (exact) mass is 569 g/mol. The van der Waals surface area contributed by atoms with Crippen molar-refractivity contribution in [2.45, 2.75) is 11.3 Å². The number of aromatic nitrogens is 1. The lowest BCUT2D eigenvalue weighted by Gasteiger charge is -2.20. The summed E-state index contributed by atoms with van der Waals surface area (Å²) in [6.07, 6.45) is 0.642. The van der Waals surface area contributed by atoms with Crippen LogP contribution < -0.4 is 14.4 Å². The second-order valence-corrected chi connectivity index (χ2v) is 11.5. The average Bonchev–Trinajstić information content (AvgIpc) is 3.51. The molecule has 0 saturated carbocycles.